The maximum atomic E-state index is 11.8. The molecule has 0 spiro atoms. The highest BCUT2D eigenvalue weighted by Crippen LogP contribution is 2.20. The maximum absolute atomic E-state index is 11.8. The predicted octanol–water partition coefficient (Wildman–Crippen LogP) is 2.41. The fourth-order valence-corrected chi connectivity index (χ4v) is 1.85. The van der Waals surface area contributed by atoms with Crippen LogP contribution in [0.3, 0.4) is 0 Å². The summed E-state index contributed by atoms with van der Waals surface area (Å²) in [7, 11) is 0. The molecule has 3 nitrogen and oxygen atoms in total. The van der Waals surface area contributed by atoms with E-state index in [1.165, 1.54) is 0 Å². The highest BCUT2D eigenvalue weighted by atomic mass is 79.9. The van der Waals surface area contributed by atoms with Crippen molar-refractivity contribution in [1.29, 1.82) is 5.26 Å². The average Bonchev–Trinajstić information content (AvgIpc) is 3.12. The van der Waals surface area contributed by atoms with E-state index in [0.717, 1.165) is 22.9 Å². The molecule has 17 heavy (non-hydrogen) atoms. The molecule has 1 aromatic rings. The minimum absolute atomic E-state index is 0.141. The highest BCUT2D eigenvalue weighted by molar-refractivity contribution is 9.10. The number of carbonyl (C=O) groups is 1. The summed E-state index contributed by atoms with van der Waals surface area (Å²) in [6.45, 7) is 0. The first-order valence-corrected chi connectivity index (χ1v) is 6.43. The third-order valence-corrected chi connectivity index (χ3v) is 3.28. The number of hydrogen-bond donors (Lipinski definition) is 1. The summed E-state index contributed by atoms with van der Waals surface area (Å²) in [6, 6.07) is 10.1. The molecule has 1 amide bonds. The summed E-state index contributed by atoms with van der Waals surface area (Å²) in [6.07, 6.45) is 2.56. The monoisotopic (exact) mass is 292 g/mol. The molecular formula is C13H13BrN2O. The zero-order chi connectivity index (χ0) is 12.3. The molecule has 0 heterocycles. The van der Waals surface area contributed by atoms with Crippen molar-refractivity contribution in [3.63, 3.8) is 0 Å². The molecule has 0 aromatic heterocycles. The van der Waals surface area contributed by atoms with Crippen molar-refractivity contribution in [1.82, 2.24) is 5.32 Å². The number of halogens is 1. The summed E-state index contributed by atoms with van der Waals surface area (Å²) < 4.78 is 0.997. The lowest BCUT2D eigenvalue weighted by Crippen LogP contribution is -2.32. The van der Waals surface area contributed by atoms with Crippen LogP contribution in [-0.2, 0) is 11.2 Å². The third-order valence-electron chi connectivity index (χ3n) is 2.75. The first-order valence-electron chi connectivity index (χ1n) is 5.63. The fourth-order valence-electron chi connectivity index (χ4n) is 1.58. The molecule has 0 bridgehead atoms. The molecule has 88 valence electrons. The van der Waals surface area contributed by atoms with Crippen molar-refractivity contribution in [2.24, 2.45) is 5.92 Å². The number of nitrogens with zero attached hydrogens (tertiary/aromatic N) is 1. The van der Waals surface area contributed by atoms with Crippen LogP contribution in [-0.4, -0.2) is 11.9 Å². The molecule has 1 aromatic carbocycles. The Morgan fingerprint density at radius 2 is 2.12 bits per heavy atom. The van der Waals surface area contributed by atoms with E-state index in [4.69, 9.17) is 5.26 Å². The molecule has 1 atom stereocenters. The van der Waals surface area contributed by atoms with E-state index in [-0.39, 0.29) is 5.91 Å². The SMILES string of the molecule is N#CC(Cc1ccc(Br)cc1)C(=O)NC1CC1. The van der Waals surface area contributed by atoms with Gasteiger partial charge in [-0.15, -0.1) is 0 Å². The molecule has 2 rings (SSSR count). The highest BCUT2D eigenvalue weighted by Gasteiger charge is 2.27. The lowest BCUT2D eigenvalue weighted by atomic mass is 10.00. The van der Waals surface area contributed by atoms with Crippen LogP contribution in [0, 0.1) is 17.2 Å². The van der Waals surface area contributed by atoms with Crippen LogP contribution in [0.1, 0.15) is 18.4 Å². The van der Waals surface area contributed by atoms with Gasteiger partial charge < -0.3 is 5.32 Å². The van der Waals surface area contributed by atoms with Gasteiger partial charge in [0.15, 0.2) is 0 Å². The van der Waals surface area contributed by atoms with Gasteiger partial charge in [-0.3, -0.25) is 4.79 Å². The van der Waals surface area contributed by atoms with E-state index in [2.05, 4.69) is 27.3 Å². The molecule has 1 unspecified atom stereocenters. The summed E-state index contributed by atoms with van der Waals surface area (Å²) in [4.78, 5) is 11.8. The van der Waals surface area contributed by atoms with Crippen LogP contribution in [0.15, 0.2) is 28.7 Å². The zero-order valence-electron chi connectivity index (χ0n) is 9.32. The molecule has 4 heteroatoms. The van der Waals surface area contributed by atoms with Gasteiger partial charge >= 0.3 is 0 Å². The zero-order valence-corrected chi connectivity index (χ0v) is 10.9. The van der Waals surface area contributed by atoms with Crippen molar-refractivity contribution in [2.45, 2.75) is 25.3 Å². The van der Waals surface area contributed by atoms with E-state index in [0.29, 0.717) is 12.5 Å². The Labute approximate surface area is 109 Å². The maximum Gasteiger partial charge on any atom is 0.237 e. The second-order valence-corrected chi connectivity index (χ2v) is 5.21. The molecule has 0 aliphatic heterocycles. The smallest absolute Gasteiger partial charge is 0.237 e. The molecule has 1 aliphatic carbocycles. The van der Waals surface area contributed by atoms with Gasteiger partial charge in [-0.05, 0) is 37.0 Å². The lowest BCUT2D eigenvalue weighted by Gasteiger charge is -2.09. The van der Waals surface area contributed by atoms with E-state index >= 15 is 0 Å². The molecule has 0 radical (unpaired) electrons. The minimum Gasteiger partial charge on any atom is -0.352 e. The van der Waals surface area contributed by atoms with Crippen molar-refractivity contribution >= 4 is 21.8 Å². The van der Waals surface area contributed by atoms with Gasteiger partial charge in [-0.2, -0.15) is 5.26 Å². The molecule has 1 aliphatic rings. The number of benzene rings is 1. The van der Waals surface area contributed by atoms with Crippen molar-refractivity contribution in [2.75, 3.05) is 0 Å². The Balaban J connectivity index is 1.96. The van der Waals surface area contributed by atoms with Gasteiger partial charge in [-0.1, -0.05) is 28.1 Å². The topological polar surface area (TPSA) is 52.9 Å². The summed E-state index contributed by atoms with van der Waals surface area (Å²) in [5, 5.41) is 11.9. The van der Waals surface area contributed by atoms with Gasteiger partial charge in [0.05, 0.1) is 6.07 Å². The van der Waals surface area contributed by atoms with Crippen LogP contribution < -0.4 is 5.32 Å². The van der Waals surface area contributed by atoms with Crippen LogP contribution in [0.5, 0.6) is 0 Å². The lowest BCUT2D eigenvalue weighted by molar-refractivity contribution is -0.123. The van der Waals surface area contributed by atoms with Gasteiger partial charge in [0, 0.05) is 10.5 Å². The van der Waals surface area contributed by atoms with E-state index in [1.807, 2.05) is 24.3 Å². The van der Waals surface area contributed by atoms with Crippen LogP contribution in [0.25, 0.3) is 0 Å². The summed E-state index contributed by atoms with van der Waals surface area (Å²) >= 11 is 3.35. The number of nitrogens with one attached hydrogen (secondary N) is 1. The molecule has 1 saturated carbocycles. The van der Waals surface area contributed by atoms with Gasteiger partial charge in [0.1, 0.15) is 5.92 Å². The van der Waals surface area contributed by atoms with E-state index in [9.17, 15) is 4.79 Å². The number of rotatable bonds is 4. The van der Waals surface area contributed by atoms with Gasteiger partial charge in [-0.25, -0.2) is 0 Å². The Hall–Kier alpha value is -1.34. The Kier molecular flexibility index (Phi) is 3.80. The number of amides is 1. The summed E-state index contributed by atoms with van der Waals surface area (Å²) in [5.74, 6) is -0.727. The third kappa shape index (κ3) is 3.57. The van der Waals surface area contributed by atoms with Crippen LogP contribution >= 0.6 is 15.9 Å². The van der Waals surface area contributed by atoms with Crippen molar-refractivity contribution in [3.8, 4) is 6.07 Å². The van der Waals surface area contributed by atoms with Crippen molar-refractivity contribution in [3.05, 3.63) is 34.3 Å². The Morgan fingerprint density at radius 1 is 1.47 bits per heavy atom. The molecule has 0 saturated heterocycles. The standard InChI is InChI=1S/C13H13BrN2O/c14-11-3-1-9(2-4-11)7-10(8-15)13(17)16-12-5-6-12/h1-4,10,12H,5-7H2,(H,16,17). The average molecular weight is 293 g/mol. The summed E-state index contributed by atoms with van der Waals surface area (Å²) in [5.41, 5.74) is 1.01. The first-order chi connectivity index (χ1) is 8.19. The normalized spacial score (nSPS) is 16.0. The second kappa shape index (κ2) is 5.33. The second-order valence-electron chi connectivity index (χ2n) is 4.30. The van der Waals surface area contributed by atoms with Crippen LogP contribution in [0.4, 0.5) is 0 Å². The fraction of sp³-hybridized carbons (Fsp3) is 0.385. The minimum atomic E-state index is -0.586. The molecule has 1 N–H and O–H groups in total. The van der Waals surface area contributed by atoms with E-state index in [1.54, 1.807) is 0 Å². The number of nitriles is 1. The van der Waals surface area contributed by atoms with Crippen molar-refractivity contribution < 1.29 is 4.79 Å². The van der Waals surface area contributed by atoms with Crippen LogP contribution in [0.2, 0.25) is 0 Å². The molecule has 1 fully saturated rings. The van der Waals surface area contributed by atoms with Gasteiger partial charge in [0.25, 0.3) is 0 Å². The Bertz CT molecular complexity index is 445. The largest absolute Gasteiger partial charge is 0.352 e. The Morgan fingerprint density at radius 3 is 2.65 bits per heavy atom. The van der Waals surface area contributed by atoms with Gasteiger partial charge in [0.2, 0.25) is 5.91 Å². The first kappa shape index (κ1) is 12.1. The number of carbonyl (C=O) groups excluding carboxylic acids is 1. The quantitative estimate of drug-likeness (QED) is 0.926. The van der Waals surface area contributed by atoms with E-state index < -0.39 is 5.92 Å². The predicted molar refractivity (Wildman–Crippen MR) is 68.1 cm³/mol. The molecular weight excluding hydrogens is 280 g/mol. The number of hydrogen-bond acceptors (Lipinski definition) is 2.